The van der Waals surface area contributed by atoms with E-state index in [2.05, 4.69) is 0 Å². The van der Waals surface area contributed by atoms with Crippen molar-refractivity contribution >= 4 is 12.1 Å². The van der Waals surface area contributed by atoms with Crippen molar-refractivity contribution in [2.75, 3.05) is 0 Å². The Kier molecular flexibility index (Phi) is 4.62. The molecule has 0 unspecified atom stereocenters. The maximum atomic E-state index is 12.2. The average molecular weight is 252 g/mol. The standard InChI is InChI=1S/C17H16O2/c18-13-12-15-8-4-5-9-16(15)17(19)11-10-14-6-2-1-3-7-14/h1-9,13H,10-12H2. The van der Waals surface area contributed by atoms with Crippen LogP contribution in [0.4, 0.5) is 0 Å². The van der Waals surface area contributed by atoms with Crippen molar-refractivity contribution in [3.63, 3.8) is 0 Å². The van der Waals surface area contributed by atoms with Crippen molar-refractivity contribution in [2.24, 2.45) is 0 Å². The van der Waals surface area contributed by atoms with Gasteiger partial charge in [-0.2, -0.15) is 0 Å². The Hall–Kier alpha value is -2.22. The van der Waals surface area contributed by atoms with Gasteiger partial charge < -0.3 is 4.79 Å². The normalized spacial score (nSPS) is 10.1. The molecule has 0 bridgehead atoms. The van der Waals surface area contributed by atoms with Crippen LogP contribution in [0.3, 0.4) is 0 Å². The van der Waals surface area contributed by atoms with E-state index >= 15 is 0 Å². The fourth-order valence-corrected chi connectivity index (χ4v) is 2.10. The smallest absolute Gasteiger partial charge is 0.163 e. The van der Waals surface area contributed by atoms with Crippen LogP contribution in [-0.2, 0) is 17.6 Å². The first-order valence-corrected chi connectivity index (χ1v) is 6.40. The molecule has 0 heterocycles. The monoisotopic (exact) mass is 252 g/mol. The highest BCUT2D eigenvalue weighted by atomic mass is 16.1. The van der Waals surface area contributed by atoms with Crippen LogP contribution in [0.15, 0.2) is 54.6 Å². The Morgan fingerprint density at radius 3 is 2.37 bits per heavy atom. The van der Waals surface area contributed by atoms with E-state index in [1.165, 1.54) is 0 Å². The third-order valence-electron chi connectivity index (χ3n) is 3.10. The third kappa shape index (κ3) is 3.62. The summed E-state index contributed by atoms with van der Waals surface area (Å²) >= 11 is 0. The second-order valence-electron chi connectivity index (χ2n) is 4.44. The Morgan fingerprint density at radius 1 is 0.947 bits per heavy atom. The van der Waals surface area contributed by atoms with Crippen molar-refractivity contribution in [2.45, 2.75) is 19.3 Å². The lowest BCUT2D eigenvalue weighted by atomic mass is 9.97. The van der Waals surface area contributed by atoms with E-state index in [0.717, 1.165) is 23.8 Å². The summed E-state index contributed by atoms with van der Waals surface area (Å²) in [6, 6.07) is 17.3. The van der Waals surface area contributed by atoms with Gasteiger partial charge in [0.1, 0.15) is 6.29 Å². The van der Waals surface area contributed by atoms with E-state index in [1.807, 2.05) is 48.5 Å². The lowest BCUT2D eigenvalue weighted by molar-refractivity contribution is -0.107. The van der Waals surface area contributed by atoms with Crippen molar-refractivity contribution in [1.82, 2.24) is 0 Å². The number of Topliss-reactive ketones (excluding diaryl/α,β-unsaturated/α-hetero) is 1. The number of aryl methyl sites for hydroxylation is 1. The summed E-state index contributed by atoms with van der Waals surface area (Å²) in [5, 5.41) is 0. The molecule has 96 valence electrons. The molecule has 0 fully saturated rings. The number of rotatable bonds is 6. The van der Waals surface area contributed by atoms with E-state index in [1.54, 1.807) is 6.07 Å². The summed E-state index contributed by atoms with van der Waals surface area (Å²) in [7, 11) is 0. The van der Waals surface area contributed by atoms with Crippen LogP contribution in [0.25, 0.3) is 0 Å². The van der Waals surface area contributed by atoms with E-state index in [4.69, 9.17) is 0 Å². The van der Waals surface area contributed by atoms with E-state index in [0.29, 0.717) is 18.4 Å². The molecule has 2 heteroatoms. The molecule has 19 heavy (non-hydrogen) atoms. The second-order valence-corrected chi connectivity index (χ2v) is 4.44. The van der Waals surface area contributed by atoms with Gasteiger partial charge in [-0.3, -0.25) is 4.79 Å². The summed E-state index contributed by atoms with van der Waals surface area (Å²) < 4.78 is 0. The number of hydrogen-bond acceptors (Lipinski definition) is 2. The number of hydrogen-bond donors (Lipinski definition) is 0. The molecule has 2 aromatic rings. The summed E-state index contributed by atoms with van der Waals surface area (Å²) in [5.74, 6) is 0.0984. The number of ketones is 1. The molecule has 0 aliphatic rings. The van der Waals surface area contributed by atoms with E-state index < -0.39 is 0 Å². The molecule has 2 nitrogen and oxygen atoms in total. The number of carbonyl (C=O) groups excluding carboxylic acids is 2. The van der Waals surface area contributed by atoms with Gasteiger partial charge in [0.05, 0.1) is 0 Å². The van der Waals surface area contributed by atoms with Crippen LogP contribution in [-0.4, -0.2) is 12.1 Å². The third-order valence-corrected chi connectivity index (χ3v) is 3.10. The zero-order valence-corrected chi connectivity index (χ0v) is 10.7. The van der Waals surface area contributed by atoms with Crippen LogP contribution in [0, 0.1) is 0 Å². The van der Waals surface area contributed by atoms with Crippen LogP contribution in [0.2, 0.25) is 0 Å². The highest BCUT2D eigenvalue weighted by molar-refractivity contribution is 5.98. The van der Waals surface area contributed by atoms with Gasteiger partial charge in [0.2, 0.25) is 0 Å². The topological polar surface area (TPSA) is 34.1 Å². The molecule has 0 aliphatic carbocycles. The van der Waals surface area contributed by atoms with Gasteiger partial charge in [-0.25, -0.2) is 0 Å². The molecule has 0 amide bonds. The minimum atomic E-state index is 0.0984. The van der Waals surface area contributed by atoms with Gasteiger partial charge in [0.15, 0.2) is 5.78 Å². The maximum absolute atomic E-state index is 12.2. The first kappa shape index (κ1) is 13.2. The minimum absolute atomic E-state index is 0.0984. The SMILES string of the molecule is O=CCc1ccccc1C(=O)CCc1ccccc1. The molecule has 2 rings (SSSR count). The molecule has 0 radical (unpaired) electrons. The summed E-state index contributed by atoms with van der Waals surface area (Å²) in [4.78, 5) is 22.8. The average Bonchev–Trinajstić information content (AvgIpc) is 2.47. The van der Waals surface area contributed by atoms with Gasteiger partial charge in [0, 0.05) is 18.4 Å². The minimum Gasteiger partial charge on any atom is -0.303 e. The predicted molar refractivity (Wildman–Crippen MR) is 75.3 cm³/mol. The number of aldehydes is 1. The Labute approximate surface area is 113 Å². The van der Waals surface area contributed by atoms with Crippen molar-refractivity contribution < 1.29 is 9.59 Å². The molecule has 2 aromatic carbocycles. The highest BCUT2D eigenvalue weighted by Gasteiger charge is 2.10. The summed E-state index contributed by atoms with van der Waals surface area (Å²) in [5.41, 5.74) is 2.64. The largest absolute Gasteiger partial charge is 0.303 e. The molecule has 0 saturated heterocycles. The quantitative estimate of drug-likeness (QED) is 0.584. The number of benzene rings is 2. The molecule has 0 aliphatic heterocycles. The van der Waals surface area contributed by atoms with Crippen LogP contribution >= 0.6 is 0 Å². The molecule has 0 saturated carbocycles. The van der Waals surface area contributed by atoms with Crippen molar-refractivity contribution in [3.8, 4) is 0 Å². The molecule has 0 aromatic heterocycles. The highest BCUT2D eigenvalue weighted by Crippen LogP contribution is 2.13. The fraction of sp³-hybridized carbons (Fsp3) is 0.176. The molecular formula is C17H16O2. The van der Waals surface area contributed by atoms with E-state index in [-0.39, 0.29) is 5.78 Å². The zero-order valence-electron chi connectivity index (χ0n) is 10.7. The predicted octanol–water partition coefficient (Wildman–Crippen LogP) is 3.24. The van der Waals surface area contributed by atoms with E-state index in [9.17, 15) is 9.59 Å². The number of carbonyl (C=O) groups is 2. The Morgan fingerprint density at radius 2 is 1.63 bits per heavy atom. The van der Waals surface area contributed by atoms with Gasteiger partial charge in [-0.15, -0.1) is 0 Å². The second kappa shape index (κ2) is 6.64. The Balaban J connectivity index is 2.06. The van der Waals surface area contributed by atoms with Gasteiger partial charge in [0.25, 0.3) is 0 Å². The fourth-order valence-electron chi connectivity index (χ4n) is 2.10. The zero-order chi connectivity index (χ0) is 13.5. The first-order chi connectivity index (χ1) is 9.31. The van der Waals surface area contributed by atoms with Crippen molar-refractivity contribution in [3.05, 3.63) is 71.3 Å². The molecule has 0 atom stereocenters. The first-order valence-electron chi connectivity index (χ1n) is 6.40. The maximum Gasteiger partial charge on any atom is 0.163 e. The van der Waals surface area contributed by atoms with Crippen LogP contribution in [0.1, 0.15) is 27.9 Å². The van der Waals surface area contributed by atoms with Gasteiger partial charge in [-0.1, -0.05) is 54.6 Å². The Bertz CT molecular complexity index is 558. The van der Waals surface area contributed by atoms with Crippen molar-refractivity contribution in [1.29, 1.82) is 0 Å². The van der Waals surface area contributed by atoms with Gasteiger partial charge >= 0.3 is 0 Å². The van der Waals surface area contributed by atoms with Gasteiger partial charge in [-0.05, 0) is 17.5 Å². The summed E-state index contributed by atoms with van der Waals surface area (Å²) in [6.07, 6.45) is 2.34. The van der Waals surface area contributed by atoms with Crippen LogP contribution in [0.5, 0.6) is 0 Å². The molecular weight excluding hydrogens is 236 g/mol. The summed E-state index contributed by atoms with van der Waals surface area (Å²) in [6.45, 7) is 0. The lowest BCUT2D eigenvalue weighted by Gasteiger charge is -2.06. The molecule has 0 N–H and O–H groups in total. The lowest BCUT2D eigenvalue weighted by Crippen LogP contribution is -2.05. The molecule has 0 spiro atoms. The van der Waals surface area contributed by atoms with Crippen LogP contribution < -0.4 is 0 Å².